The number of carbonyl (C=O) groups is 2. The van der Waals surface area contributed by atoms with Crippen molar-refractivity contribution in [2.45, 2.75) is 19.3 Å². The summed E-state index contributed by atoms with van der Waals surface area (Å²) in [7, 11) is 0. The molecular formula is C18H18ClNO2. The van der Waals surface area contributed by atoms with Crippen LogP contribution in [-0.2, 0) is 11.2 Å². The summed E-state index contributed by atoms with van der Waals surface area (Å²) in [5, 5.41) is 3.36. The normalized spacial score (nSPS) is 10.2. The fourth-order valence-corrected chi connectivity index (χ4v) is 2.30. The van der Waals surface area contributed by atoms with E-state index in [1.54, 1.807) is 24.3 Å². The summed E-state index contributed by atoms with van der Waals surface area (Å²) in [4.78, 5) is 23.7. The molecule has 0 saturated carbocycles. The number of hydrogen-bond acceptors (Lipinski definition) is 2. The van der Waals surface area contributed by atoms with Crippen LogP contribution in [0.15, 0.2) is 54.6 Å². The third-order valence-electron chi connectivity index (χ3n) is 3.30. The van der Waals surface area contributed by atoms with Crippen LogP contribution in [0.5, 0.6) is 0 Å². The first-order chi connectivity index (χ1) is 10.6. The monoisotopic (exact) mass is 315 g/mol. The van der Waals surface area contributed by atoms with Crippen molar-refractivity contribution in [1.29, 1.82) is 0 Å². The summed E-state index contributed by atoms with van der Waals surface area (Å²) in [6.07, 6.45) is 1.17. The number of nitrogens with one attached hydrogen (secondary N) is 1. The van der Waals surface area contributed by atoms with Crippen molar-refractivity contribution >= 4 is 23.3 Å². The Labute approximate surface area is 135 Å². The fraction of sp³-hybridized carbons (Fsp3) is 0.222. The molecule has 0 atom stereocenters. The van der Waals surface area contributed by atoms with Crippen LogP contribution in [-0.4, -0.2) is 18.2 Å². The Balaban J connectivity index is 1.70. The number of carbonyl (C=O) groups excluding carboxylic acids is 2. The van der Waals surface area contributed by atoms with Gasteiger partial charge in [0.25, 0.3) is 0 Å². The number of Topliss-reactive ketones (excluding diaryl/α,β-unsaturated/α-hetero) is 1. The first-order valence-corrected chi connectivity index (χ1v) is 7.62. The largest absolute Gasteiger partial charge is 0.356 e. The quantitative estimate of drug-likeness (QED) is 0.793. The molecule has 0 aliphatic heterocycles. The molecular weight excluding hydrogens is 298 g/mol. The topological polar surface area (TPSA) is 46.2 Å². The zero-order chi connectivity index (χ0) is 15.8. The Kier molecular flexibility index (Phi) is 6.16. The van der Waals surface area contributed by atoms with Gasteiger partial charge in [0.15, 0.2) is 5.78 Å². The minimum absolute atomic E-state index is 0.0688. The minimum atomic E-state index is -0.105. The number of rotatable bonds is 7. The van der Waals surface area contributed by atoms with Crippen LogP contribution in [0.25, 0.3) is 0 Å². The highest BCUT2D eigenvalue weighted by Gasteiger charge is 2.09. The maximum absolute atomic E-state index is 12.0. The summed E-state index contributed by atoms with van der Waals surface area (Å²) >= 11 is 5.85. The van der Waals surface area contributed by atoms with E-state index in [2.05, 4.69) is 5.32 Å². The van der Waals surface area contributed by atoms with Gasteiger partial charge in [0.05, 0.1) is 0 Å². The molecule has 114 valence electrons. The first kappa shape index (κ1) is 16.2. The van der Waals surface area contributed by atoms with E-state index >= 15 is 0 Å². The molecule has 4 heteroatoms. The van der Waals surface area contributed by atoms with Gasteiger partial charge < -0.3 is 5.32 Å². The Hall–Kier alpha value is -2.13. The lowest BCUT2D eigenvalue weighted by Gasteiger charge is -2.05. The summed E-state index contributed by atoms with van der Waals surface area (Å²) in [6, 6.07) is 16.7. The first-order valence-electron chi connectivity index (χ1n) is 7.24. The molecule has 2 aromatic rings. The van der Waals surface area contributed by atoms with Crippen LogP contribution in [0.4, 0.5) is 0 Å². The Bertz CT molecular complexity index is 641. The van der Waals surface area contributed by atoms with Crippen molar-refractivity contribution in [1.82, 2.24) is 5.32 Å². The molecule has 0 aliphatic rings. The van der Waals surface area contributed by atoms with Crippen LogP contribution in [0.1, 0.15) is 28.8 Å². The van der Waals surface area contributed by atoms with Gasteiger partial charge in [-0.2, -0.15) is 0 Å². The van der Waals surface area contributed by atoms with Gasteiger partial charge in [0.2, 0.25) is 5.91 Å². The molecule has 22 heavy (non-hydrogen) atoms. The molecule has 1 amide bonds. The molecule has 3 nitrogen and oxygen atoms in total. The van der Waals surface area contributed by atoms with Gasteiger partial charge in [-0.15, -0.1) is 0 Å². The van der Waals surface area contributed by atoms with Gasteiger partial charge in [-0.1, -0.05) is 54.1 Å². The zero-order valence-corrected chi connectivity index (χ0v) is 13.0. The predicted molar refractivity (Wildman–Crippen MR) is 88.2 cm³/mol. The second-order valence-corrected chi connectivity index (χ2v) is 5.46. The highest BCUT2D eigenvalue weighted by Crippen LogP contribution is 2.13. The summed E-state index contributed by atoms with van der Waals surface area (Å²) in [5.41, 5.74) is 1.72. The molecule has 0 saturated heterocycles. The number of ketones is 1. The Morgan fingerprint density at radius 3 is 2.45 bits per heavy atom. The number of halogens is 1. The summed E-state index contributed by atoms with van der Waals surface area (Å²) in [5.74, 6) is -0.174. The SMILES string of the molecule is O=C(CCC(=O)c1cccc(Cl)c1)NCCc1ccccc1. The average Bonchev–Trinajstić information content (AvgIpc) is 2.53. The van der Waals surface area contributed by atoms with Gasteiger partial charge in [0.1, 0.15) is 0 Å². The van der Waals surface area contributed by atoms with Crippen molar-refractivity contribution in [2.75, 3.05) is 6.54 Å². The smallest absolute Gasteiger partial charge is 0.220 e. The maximum Gasteiger partial charge on any atom is 0.220 e. The zero-order valence-electron chi connectivity index (χ0n) is 12.2. The molecule has 0 spiro atoms. The van der Waals surface area contributed by atoms with E-state index in [1.807, 2.05) is 30.3 Å². The third-order valence-corrected chi connectivity index (χ3v) is 3.54. The second-order valence-electron chi connectivity index (χ2n) is 5.02. The van der Waals surface area contributed by atoms with Gasteiger partial charge in [0, 0.05) is 30.0 Å². The second kappa shape index (κ2) is 8.35. The van der Waals surface area contributed by atoms with E-state index in [-0.39, 0.29) is 24.5 Å². The van der Waals surface area contributed by atoms with Gasteiger partial charge in [-0.25, -0.2) is 0 Å². The summed E-state index contributed by atoms with van der Waals surface area (Å²) in [6.45, 7) is 0.578. The van der Waals surface area contributed by atoms with E-state index < -0.39 is 0 Å². The third kappa shape index (κ3) is 5.34. The standard InChI is InChI=1S/C18H18ClNO2/c19-16-8-4-7-15(13-16)17(21)9-10-18(22)20-12-11-14-5-2-1-3-6-14/h1-8,13H,9-12H2,(H,20,22). The molecule has 1 N–H and O–H groups in total. The van der Waals surface area contributed by atoms with Crippen molar-refractivity contribution in [3.8, 4) is 0 Å². The number of benzene rings is 2. The minimum Gasteiger partial charge on any atom is -0.356 e. The highest BCUT2D eigenvalue weighted by atomic mass is 35.5. The lowest BCUT2D eigenvalue weighted by Crippen LogP contribution is -2.26. The lowest BCUT2D eigenvalue weighted by atomic mass is 10.1. The van der Waals surface area contributed by atoms with Crippen LogP contribution in [0, 0.1) is 0 Å². The van der Waals surface area contributed by atoms with Crippen molar-refractivity contribution in [3.05, 3.63) is 70.7 Å². The van der Waals surface area contributed by atoms with Gasteiger partial charge in [-0.3, -0.25) is 9.59 Å². The number of amides is 1. The van der Waals surface area contributed by atoms with Crippen LogP contribution in [0.3, 0.4) is 0 Å². The van der Waals surface area contributed by atoms with Crippen LogP contribution in [0.2, 0.25) is 5.02 Å². The van der Waals surface area contributed by atoms with Crippen molar-refractivity contribution in [3.63, 3.8) is 0 Å². The molecule has 0 fully saturated rings. The molecule has 0 aromatic heterocycles. The molecule has 2 aromatic carbocycles. The molecule has 0 aliphatic carbocycles. The van der Waals surface area contributed by atoms with E-state index in [0.29, 0.717) is 17.1 Å². The average molecular weight is 316 g/mol. The predicted octanol–water partition coefficient (Wildman–Crippen LogP) is 3.66. The van der Waals surface area contributed by atoms with E-state index in [4.69, 9.17) is 11.6 Å². The van der Waals surface area contributed by atoms with Crippen LogP contribution >= 0.6 is 11.6 Å². The van der Waals surface area contributed by atoms with Crippen molar-refractivity contribution in [2.24, 2.45) is 0 Å². The molecule has 0 radical (unpaired) electrons. The Morgan fingerprint density at radius 1 is 0.955 bits per heavy atom. The highest BCUT2D eigenvalue weighted by molar-refractivity contribution is 6.31. The van der Waals surface area contributed by atoms with Crippen molar-refractivity contribution < 1.29 is 9.59 Å². The van der Waals surface area contributed by atoms with E-state index in [9.17, 15) is 9.59 Å². The summed E-state index contributed by atoms with van der Waals surface area (Å²) < 4.78 is 0. The van der Waals surface area contributed by atoms with E-state index in [0.717, 1.165) is 6.42 Å². The molecule has 0 heterocycles. The van der Waals surface area contributed by atoms with Gasteiger partial charge >= 0.3 is 0 Å². The molecule has 0 bridgehead atoms. The number of hydrogen-bond donors (Lipinski definition) is 1. The fourth-order valence-electron chi connectivity index (χ4n) is 2.11. The maximum atomic E-state index is 12.0. The molecule has 0 unspecified atom stereocenters. The van der Waals surface area contributed by atoms with Gasteiger partial charge in [-0.05, 0) is 24.1 Å². The molecule has 2 rings (SSSR count). The Morgan fingerprint density at radius 2 is 1.73 bits per heavy atom. The lowest BCUT2D eigenvalue weighted by molar-refractivity contribution is -0.121. The van der Waals surface area contributed by atoms with E-state index in [1.165, 1.54) is 5.56 Å². The van der Waals surface area contributed by atoms with Crippen LogP contribution < -0.4 is 5.32 Å².